The Bertz CT molecular complexity index is 870. The number of carbonyl (C=O) groups excluding carboxylic acids is 1. The van der Waals surface area contributed by atoms with E-state index in [1.165, 1.54) is 12.1 Å². The molecule has 2 aromatic carbocycles. The fourth-order valence-electron chi connectivity index (χ4n) is 2.31. The number of benzene rings is 2. The van der Waals surface area contributed by atoms with Crippen LogP contribution in [0.2, 0.25) is 5.02 Å². The number of nitro benzene ring substituents is 1. The zero-order valence-electron chi connectivity index (χ0n) is 10.7. The lowest BCUT2D eigenvalue weighted by Gasteiger charge is -2.00. The third-order valence-corrected chi connectivity index (χ3v) is 3.50. The Morgan fingerprint density at radius 1 is 1.19 bits per heavy atom. The van der Waals surface area contributed by atoms with E-state index in [4.69, 9.17) is 11.6 Å². The predicted octanol–water partition coefficient (Wildman–Crippen LogP) is 4.21. The first-order valence-corrected chi connectivity index (χ1v) is 6.49. The van der Waals surface area contributed by atoms with E-state index >= 15 is 0 Å². The van der Waals surface area contributed by atoms with Crippen molar-refractivity contribution in [1.82, 2.24) is 4.98 Å². The average molecular weight is 301 g/mol. The highest BCUT2D eigenvalue weighted by Crippen LogP contribution is 2.32. The standard InChI is InChI=1S/C15H9ClN2O3/c16-10-3-1-2-9(6-10)15-13(8-19)12-7-11(18(20)21)4-5-14(12)17-15/h1-8,17H. The maximum Gasteiger partial charge on any atom is 0.270 e. The normalized spacial score (nSPS) is 10.7. The van der Waals surface area contributed by atoms with Crippen molar-refractivity contribution in [3.05, 3.63) is 63.2 Å². The van der Waals surface area contributed by atoms with Gasteiger partial charge in [0.25, 0.3) is 5.69 Å². The van der Waals surface area contributed by atoms with Gasteiger partial charge in [-0.3, -0.25) is 14.9 Å². The predicted molar refractivity (Wildman–Crippen MR) is 80.8 cm³/mol. The Morgan fingerprint density at radius 3 is 2.67 bits per heavy atom. The van der Waals surface area contributed by atoms with Crippen LogP contribution < -0.4 is 0 Å². The van der Waals surface area contributed by atoms with Crippen molar-refractivity contribution < 1.29 is 9.72 Å². The van der Waals surface area contributed by atoms with E-state index in [0.717, 1.165) is 5.56 Å². The minimum Gasteiger partial charge on any atom is -0.354 e. The van der Waals surface area contributed by atoms with Crippen LogP contribution in [0.3, 0.4) is 0 Å². The highest BCUT2D eigenvalue weighted by Gasteiger charge is 2.16. The largest absolute Gasteiger partial charge is 0.354 e. The summed E-state index contributed by atoms with van der Waals surface area (Å²) in [6.45, 7) is 0. The van der Waals surface area contributed by atoms with Crippen LogP contribution in [0.1, 0.15) is 10.4 Å². The summed E-state index contributed by atoms with van der Waals surface area (Å²) in [6.07, 6.45) is 0.693. The van der Waals surface area contributed by atoms with Gasteiger partial charge in [-0.25, -0.2) is 0 Å². The molecule has 0 aliphatic rings. The topological polar surface area (TPSA) is 76.0 Å². The molecule has 0 spiro atoms. The van der Waals surface area contributed by atoms with E-state index in [2.05, 4.69) is 4.98 Å². The van der Waals surface area contributed by atoms with E-state index in [0.29, 0.717) is 33.5 Å². The number of non-ortho nitro benzene ring substituents is 1. The number of nitrogens with one attached hydrogen (secondary N) is 1. The van der Waals surface area contributed by atoms with Crippen molar-refractivity contribution in [3.63, 3.8) is 0 Å². The van der Waals surface area contributed by atoms with Crippen LogP contribution in [0.15, 0.2) is 42.5 Å². The Kier molecular flexibility index (Phi) is 3.19. The minimum absolute atomic E-state index is 0.0535. The van der Waals surface area contributed by atoms with Crippen LogP contribution in [0.25, 0.3) is 22.2 Å². The summed E-state index contributed by atoms with van der Waals surface area (Å²) < 4.78 is 0. The van der Waals surface area contributed by atoms with Crippen LogP contribution in [0.5, 0.6) is 0 Å². The van der Waals surface area contributed by atoms with Crippen molar-refractivity contribution in [2.24, 2.45) is 0 Å². The summed E-state index contributed by atoms with van der Waals surface area (Å²) in [5.41, 5.74) is 2.35. The van der Waals surface area contributed by atoms with Crippen LogP contribution in [-0.2, 0) is 0 Å². The number of nitro groups is 1. The molecular formula is C15H9ClN2O3. The summed E-state index contributed by atoms with van der Waals surface area (Å²) >= 11 is 5.96. The number of halogens is 1. The molecule has 0 aliphatic heterocycles. The summed E-state index contributed by atoms with van der Waals surface area (Å²) in [6, 6.07) is 11.4. The Morgan fingerprint density at radius 2 is 2.00 bits per heavy atom. The van der Waals surface area contributed by atoms with Crippen LogP contribution in [0.4, 0.5) is 5.69 Å². The van der Waals surface area contributed by atoms with Crippen molar-refractivity contribution in [3.8, 4) is 11.3 Å². The Balaban J connectivity index is 2.29. The second-order valence-electron chi connectivity index (χ2n) is 4.53. The molecule has 0 amide bonds. The van der Waals surface area contributed by atoms with Gasteiger partial charge in [-0.15, -0.1) is 0 Å². The summed E-state index contributed by atoms with van der Waals surface area (Å²) in [5, 5.41) is 11.9. The monoisotopic (exact) mass is 300 g/mol. The summed E-state index contributed by atoms with van der Waals surface area (Å²) in [4.78, 5) is 24.9. The third-order valence-electron chi connectivity index (χ3n) is 3.26. The number of H-pyrrole nitrogens is 1. The fraction of sp³-hybridized carbons (Fsp3) is 0. The molecule has 0 fully saturated rings. The summed E-state index contributed by atoms with van der Waals surface area (Å²) in [5.74, 6) is 0. The van der Waals surface area contributed by atoms with E-state index < -0.39 is 4.92 Å². The van der Waals surface area contributed by atoms with Gasteiger partial charge in [0.05, 0.1) is 10.6 Å². The van der Waals surface area contributed by atoms with Crippen molar-refractivity contribution in [2.75, 3.05) is 0 Å². The van der Waals surface area contributed by atoms with Gasteiger partial charge in [-0.1, -0.05) is 23.7 Å². The van der Waals surface area contributed by atoms with Crippen molar-refractivity contribution in [1.29, 1.82) is 0 Å². The van der Waals surface area contributed by atoms with E-state index in [1.807, 2.05) is 6.07 Å². The van der Waals surface area contributed by atoms with Gasteiger partial charge in [0.1, 0.15) is 0 Å². The molecule has 0 radical (unpaired) electrons. The lowest BCUT2D eigenvalue weighted by Crippen LogP contribution is -1.87. The molecule has 104 valence electrons. The molecule has 0 atom stereocenters. The average Bonchev–Trinajstić information content (AvgIpc) is 2.84. The number of aldehydes is 1. The van der Waals surface area contributed by atoms with Crippen LogP contribution in [0, 0.1) is 10.1 Å². The number of hydrogen-bond acceptors (Lipinski definition) is 3. The molecule has 1 N–H and O–H groups in total. The first kappa shape index (κ1) is 13.3. The quantitative estimate of drug-likeness (QED) is 0.447. The van der Waals surface area contributed by atoms with Gasteiger partial charge < -0.3 is 4.98 Å². The van der Waals surface area contributed by atoms with Gasteiger partial charge in [-0.05, 0) is 18.2 Å². The van der Waals surface area contributed by atoms with E-state index in [-0.39, 0.29) is 5.69 Å². The molecule has 6 heteroatoms. The maximum atomic E-state index is 11.4. The zero-order valence-corrected chi connectivity index (χ0v) is 11.4. The van der Waals surface area contributed by atoms with Crippen molar-refractivity contribution in [2.45, 2.75) is 0 Å². The molecule has 3 rings (SSSR count). The van der Waals surface area contributed by atoms with Gasteiger partial charge in [-0.2, -0.15) is 0 Å². The molecule has 0 unspecified atom stereocenters. The molecule has 21 heavy (non-hydrogen) atoms. The van der Waals surface area contributed by atoms with Gasteiger partial charge in [0.2, 0.25) is 0 Å². The molecular weight excluding hydrogens is 292 g/mol. The number of fused-ring (bicyclic) bond motifs is 1. The molecule has 1 heterocycles. The molecule has 0 bridgehead atoms. The fourth-order valence-corrected chi connectivity index (χ4v) is 2.50. The van der Waals surface area contributed by atoms with Gasteiger partial charge >= 0.3 is 0 Å². The Hall–Kier alpha value is -2.66. The van der Waals surface area contributed by atoms with E-state index in [9.17, 15) is 14.9 Å². The minimum atomic E-state index is -0.486. The number of carbonyl (C=O) groups is 1. The first-order valence-electron chi connectivity index (χ1n) is 6.11. The highest BCUT2D eigenvalue weighted by atomic mass is 35.5. The summed E-state index contributed by atoms with van der Waals surface area (Å²) in [7, 11) is 0. The van der Waals surface area contributed by atoms with Crippen LogP contribution in [-0.4, -0.2) is 16.2 Å². The highest BCUT2D eigenvalue weighted by molar-refractivity contribution is 6.30. The number of hydrogen-bond donors (Lipinski definition) is 1. The Labute approximate surface area is 124 Å². The number of aromatic nitrogens is 1. The molecule has 0 aliphatic carbocycles. The number of nitrogens with zero attached hydrogens (tertiary/aromatic N) is 1. The lowest BCUT2D eigenvalue weighted by atomic mass is 10.1. The second kappa shape index (κ2) is 5.03. The van der Waals surface area contributed by atoms with E-state index in [1.54, 1.807) is 24.3 Å². The molecule has 1 aromatic heterocycles. The van der Waals surface area contributed by atoms with Gasteiger partial charge in [0, 0.05) is 39.2 Å². The first-order chi connectivity index (χ1) is 10.1. The number of aromatic amines is 1. The maximum absolute atomic E-state index is 11.4. The number of rotatable bonds is 3. The SMILES string of the molecule is O=Cc1c(-c2cccc(Cl)c2)[nH]c2ccc([N+](=O)[O-])cc12. The second-order valence-corrected chi connectivity index (χ2v) is 4.97. The molecule has 0 saturated heterocycles. The lowest BCUT2D eigenvalue weighted by molar-refractivity contribution is -0.384. The third kappa shape index (κ3) is 2.28. The zero-order chi connectivity index (χ0) is 15.0. The van der Waals surface area contributed by atoms with Gasteiger partial charge in [0.15, 0.2) is 6.29 Å². The molecule has 5 nitrogen and oxygen atoms in total. The molecule has 3 aromatic rings. The smallest absolute Gasteiger partial charge is 0.270 e. The van der Waals surface area contributed by atoms with Crippen molar-refractivity contribution >= 4 is 34.5 Å². The molecule has 0 saturated carbocycles. The van der Waals surface area contributed by atoms with Crippen LogP contribution >= 0.6 is 11.6 Å².